The Balaban J connectivity index is -0.0000000800. The molecule has 7 heavy (non-hydrogen) atoms. The van der Waals surface area contributed by atoms with E-state index in [4.69, 9.17) is 17.5 Å². The van der Waals surface area contributed by atoms with Crippen LogP contribution in [-0.2, 0) is 44.0 Å². The maximum Gasteiger partial charge on any atom is 0.0311 e. The first-order valence-electron chi connectivity index (χ1n) is 0.667. The summed E-state index contributed by atoms with van der Waals surface area (Å²) in [4.78, 5) is 0. The molecule has 0 heterocycles. The largest absolute Gasteiger partial charge is 0.759 e. The predicted octanol–water partition coefficient (Wildman–Crippen LogP) is -1.34. The van der Waals surface area contributed by atoms with Gasteiger partial charge >= 0.3 is 0 Å². The Kier molecular flexibility index (Phi) is 11.3. The molecule has 0 saturated heterocycles. The van der Waals surface area contributed by atoms with Crippen molar-refractivity contribution in [3.05, 3.63) is 0 Å². The Morgan fingerprint density at radius 3 is 1.00 bits per heavy atom. The standard InChI is InChI=1S/2Co.H2O4S/c;;1-5(2,3)4/h;;(H2,1,2,3,4)/p-2. The molecule has 2 radical (unpaired) electrons. The third kappa shape index (κ3) is 210. The second-order valence-electron chi connectivity index (χ2n) is 0.408. The van der Waals surface area contributed by atoms with E-state index in [2.05, 4.69) is 0 Å². The molecule has 0 N–H and O–H groups in total. The fourth-order valence-corrected chi connectivity index (χ4v) is 0. The zero-order valence-electron chi connectivity index (χ0n) is 2.71. The van der Waals surface area contributed by atoms with Crippen LogP contribution in [0.5, 0.6) is 0 Å². The van der Waals surface area contributed by atoms with Crippen molar-refractivity contribution in [2.45, 2.75) is 0 Å². The van der Waals surface area contributed by atoms with Crippen LogP contribution in [-0.4, -0.2) is 17.5 Å². The second kappa shape index (κ2) is 5.03. The van der Waals surface area contributed by atoms with Gasteiger partial charge in [0.15, 0.2) is 0 Å². The van der Waals surface area contributed by atoms with E-state index in [0.29, 0.717) is 0 Å². The van der Waals surface area contributed by atoms with Gasteiger partial charge in [-0.05, 0) is 0 Å². The van der Waals surface area contributed by atoms with Crippen LogP contribution in [0.15, 0.2) is 0 Å². The van der Waals surface area contributed by atoms with Crippen LogP contribution in [0.3, 0.4) is 0 Å². The first kappa shape index (κ1) is 15.7. The maximum absolute atomic E-state index is 8.52. The second-order valence-corrected chi connectivity index (χ2v) is 1.22. The Bertz CT molecular complexity index is 92.9. The Labute approximate surface area is 61.6 Å². The molecule has 0 spiro atoms. The van der Waals surface area contributed by atoms with Crippen molar-refractivity contribution in [2.24, 2.45) is 0 Å². The summed E-state index contributed by atoms with van der Waals surface area (Å²) in [6.45, 7) is 0. The molecule has 0 aliphatic heterocycles. The number of hydrogen-bond donors (Lipinski definition) is 0. The number of hydrogen-bond acceptors (Lipinski definition) is 4. The van der Waals surface area contributed by atoms with Gasteiger partial charge in [-0.1, -0.05) is 0 Å². The molecule has 0 aliphatic carbocycles. The van der Waals surface area contributed by atoms with Crippen LogP contribution in [0.1, 0.15) is 0 Å². The van der Waals surface area contributed by atoms with Crippen LogP contribution < -0.4 is 0 Å². The fraction of sp³-hybridized carbons (Fsp3) is 0. The van der Waals surface area contributed by atoms with Crippen molar-refractivity contribution in [3.8, 4) is 0 Å². The summed E-state index contributed by atoms with van der Waals surface area (Å²) in [5.41, 5.74) is 0. The zero-order valence-corrected chi connectivity index (χ0v) is 5.61. The van der Waals surface area contributed by atoms with E-state index in [9.17, 15) is 0 Å². The van der Waals surface area contributed by atoms with Gasteiger partial charge < -0.3 is 9.11 Å². The molecule has 0 bridgehead atoms. The fourth-order valence-electron chi connectivity index (χ4n) is 0. The molecular weight excluding hydrogens is 214 g/mol. The quantitative estimate of drug-likeness (QED) is 0.369. The first-order chi connectivity index (χ1) is 2.00. The third-order valence-corrected chi connectivity index (χ3v) is 0. The summed E-state index contributed by atoms with van der Waals surface area (Å²) in [5, 5.41) is 0. The van der Waals surface area contributed by atoms with Gasteiger partial charge in [-0.3, -0.25) is 8.42 Å². The molecule has 50 valence electrons. The summed E-state index contributed by atoms with van der Waals surface area (Å²) in [7, 11) is -5.17. The predicted molar refractivity (Wildman–Crippen MR) is 10.5 cm³/mol. The summed E-state index contributed by atoms with van der Waals surface area (Å²) in [6.07, 6.45) is 0. The zero-order chi connectivity index (χ0) is 4.50. The molecule has 0 atom stereocenters. The minimum absolute atomic E-state index is 0. The van der Waals surface area contributed by atoms with E-state index in [1.54, 1.807) is 0 Å². The molecule has 4 nitrogen and oxygen atoms in total. The van der Waals surface area contributed by atoms with Crippen molar-refractivity contribution in [1.29, 1.82) is 0 Å². The third-order valence-electron chi connectivity index (χ3n) is 0. The van der Waals surface area contributed by atoms with Gasteiger partial charge in [0.2, 0.25) is 0 Å². The van der Waals surface area contributed by atoms with E-state index in [1.165, 1.54) is 0 Å². The number of rotatable bonds is 0. The van der Waals surface area contributed by atoms with Crippen molar-refractivity contribution in [1.82, 2.24) is 0 Å². The van der Waals surface area contributed by atoms with Crippen molar-refractivity contribution >= 4 is 10.4 Å². The van der Waals surface area contributed by atoms with Gasteiger partial charge in [0, 0.05) is 44.0 Å². The van der Waals surface area contributed by atoms with Gasteiger partial charge in [0.1, 0.15) is 0 Å². The van der Waals surface area contributed by atoms with Gasteiger partial charge in [-0.15, -0.1) is 0 Å². The Hall–Kier alpha value is 0.883. The van der Waals surface area contributed by atoms with E-state index in [-0.39, 0.29) is 33.6 Å². The van der Waals surface area contributed by atoms with Crippen LogP contribution >= 0.6 is 0 Å². The molecular formula is Co2O4S-2. The van der Waals surface area contributed by atoms with Crippen molar-refractivity contribution in [3.63, 3.8) is 0 Å². The molecule has 0 unspecified atom stereocenters. The average Bonchev–Trinajstić information content (AvgIpc) is 0.722. The van der Waals surface area contributed by atoms with E-state index in [1.807, 2.05) is 0 Å². The minimum atomic E-state index is -5.17. The molecule has 0 aliphatic rings. The summed E-state index contributed by atoms with van der Waals surface area (Å²) in [5.74, 6) is 0. The Morgan fingerprint density at radius 1 is 1.00 bits per heavy atom. The van der Waals surface area contributed by atoms with Crippen LogP contribution in [0.25, 0.3) is 0 Å². The minimum Gasteiger partial charge on any atom is -0.759 e. The molecule has 0 aromatic carbocycles. The molecule has 7 heteroatoms. The summed E-state index contributed by atoms with van der Waals surface area (Å²) < 4.78 is 34.1. The van der Waals surface area contributed by atoms with Gasteiger partial charge in [0.05, 0.1) is 0 Å². The van der Waals surface area contributed by atoms with E-state index < -0.39 is 10.4 Å². The molecule has 0 amide bonds. The molecule has 0 aromatic heterocycles. The first-order valence-corrected chi connectivity index (χ1v) is 2.00. The maximum atomic E-state index is 8.52. The van der Waals surface area contributed by atoms with Gasteiger partial charge in [0.25, 0.3) is 0 Å². The van der Waals surface area contributed by atoms with E-state index in [0.717, 1.165) is 0 Å². The summed E-state index contributed by atoms with van der Waals surface area (Å²) in [6, 6.07) is 0. The SMILES string of the molecule is O=S(=O)([O-])[O-].[Co].[Co]. The van der Waals surface area contributed by atoms with Crippen LogP contribution in [0, 0.1) is 0 Å². The van der Waals surface area contributed by atoms with Crippen LogP contribution in [0.2, 0.25) is 0 Å². The van der Waals surface area contributed by atoms with Gasteiger partial charge in [-0.2, -0.15) is 0 Å². The molecule has 0 saturated carbocycles. The normalized spacial score (nSPS) is 8.29. The van der Waals surface area contributed by atoms with Crippen molar-refractivity contribution < 1.29 is 51.1 Å². The smallest absolute Gasteiger partial charge is 0.0311 e. The monoisotopic (exact) mass is 214 g/mol. The van der Waals surface area contributed by atoms with Crippen molar-refractivity contribution in [2.75, 3.05) is 0 Å². The molecule has 0 rings (SSSR count). The summed E-state index contributed by atoms with van der Waals surface area (Å²) >= 11 is 0. The van der Waals surface area contributed by atoms with E-state index >= 15 is 0 Å². The molecule has 0 aromatic rings. The average molecular weight is 214 g/mol. The Morgan fingerprint density at radius 2 is 1.00 bits per heavy atom. The van der Waals surface area contributed by atoms with Crippen LogP contribution in [0.4, 0.5) is 0 Å². The van der Waals surface area contributed by atoms with Gasteiger partial charge in [-0.25, -0.2) is 0 Å². The topological polar surface area (TPSA) is 80.3 Å². The molecule has 0 fully saturated rings.